The normalized spacial score (nSPS) is 31.0. The van der Waals surface area contributed by atoms with E-state index in [2.05, 4.69) is 23.3 Å². The first-order valence-electron chi connectivity index (χ1n) is 8.66. The molecule has 0 radical (unpaired) electrons. The zero-order chi connectivity index (χ0) is 17.2. The average molecular weight is 332 g/mol. The standard InChI is InChI=1S/C18H24N2O4/c1-2-5-12-10-14-17(24-9-8-19-14)18(7-4-3-6-13(12)18)20-15(21)11-16(22)23/h4,7-8,12-13H,2-3,5-6,9-11H2,1H3,(H,20,21)(H,22,23)/t12?,13?,18-/m0/s1. The van der Waals surface area contributed by atoms with Crippen molar-refractivity contribution in [3.8, 4) is 0 Å². The number of carboxylic acids is 1. The van der Waals surface area contributed by atoms with Crippen LogP contribution >= 0.6 is 0 Å². The SMILES string of the molecule is CCCC1CC2=C(OCC=N2)[C@]2(NC(=O)CC(=O)O)C=CCCC12. The van der Waals surface area contributed by atoms with Crippen LogP contribution in [0.3, 0.4) is 0 Å². The third-order valence-corrected chi connectivity index (χ3v) is 5.14. The topological polar surface area (TPSA) is 88.0 Å². The monoisotopic (exact) mass is 332 g/mol. The summed E-state index contributed by atoms with van der Waals surface area (Å²) >= 11 is 0. The zero-order valence-corrected chi connectivity index (χ0v) is 14.0. The van der Waals surface area contributed by atoms with E-state index < -0.39 is 23.8 Å². The Morgan fingerprint density at radius 2 is 2.33 bits per heavy atom. The molecule has 2 unspecified atom stereocenters. The summed E-state index contributed by atoms with van der Waals surface area (Å²) in [6.45, 7) is 2.54. The van der Waals surface area contributed by atoms with Gasteiger partial charge in [0, 0.05) is 6.21 Å². The summed E-state index contributed by atoms with van der Waals surface area (Å²) < 4.78 is 5.90. The summed E-state index contributed by atoms with van der Waals surface area (Å²) in [5.74, 6) is -0.286. The number of aliphatic carboxylic acids is 1. The van der Waals surface area contributed by atoms with Gasteiger partial charge in [0.15, 0.2) is 0 Å². The molecule has 130 valence electrons. The van der Waals surface area contributed by atoms with Gasteiger partial charge < -0.3 is 15.2 Å². The molecule has 1 amide bonds. The molecule has 0 aromatic rings. The molecule has 0 spiro atoms. The third kappa shape index (κ3) is 2.97. The molecule has 2 N–H and O–H groups in total. The van der Waals surface area contributed by atoms with Gasteiger partial charge in [0.1, 0.15) is 24.3 Å². The first-order chi connectivity index (χ1) is 11.6. The highest BCUT2D eigenvalue weighted by Gasteiger charge is 2.52. The van der Waals surface area contributed by atoms with Crippen molar-refractivity contribution in [2.24, 2.45) is 16.8 Å². The number of rotatable bonds is 5. The minimum atomic E-state index is -1.13. The number of ether oxygens (including phenoxy) is 1. The predicted octanol–water partition coefficient (Wildman–Crippen LogP) is 2.41. The van der Waals surface area contributed by atoms with Crippen LogP contribution in [0.1, 0.15) is 45.4 Å². The van der Waals surface area contributed by atoms with E-state index in [-0.39, 0.29) is 5.92 Å². The fraction of sp³-hybridized carbons (Fsp3) is 0.611. The Kier molecular flexibility index (Phi) is 4.73. The lowest BCUT2D eigenvalue weighted by atomic mass is 9.63. The van der Waals surface area contributed by atoms with Crippen LogP contribution in [0.15, 0.2) is 28.6 Å². The van der Waals surface area contributed by atoms with E-state index in [0.717, 1.165) is 37.8 Å². The van der Waals surface area contributed by atoms with Crippen LogP contribution in [0.4, 0.5) is 0 Å². The highest BCUT2D eigenvalue weighted by Crippen LogP contribution is 2.49. The van der Waals surface area contributed by atoms with Gasteiger partial charge in [-0.3, -0.25) is 14.6 Å². The van der Waals surface area contributed by atoms with E-state index in [1.54, 1.807) is 6.21 Å². The van der Waals surface area contributed by atoms with E-state index in [1.807, 2.05) is 6.08 Å². The molecule has 3 atom stereocenters. The van der Waals surface area contributed by atoms with Crippen LogP contribution in [0.5, 0.6) is 0 Å². The molecule has 2 aliphatic carbocycles. The smallest absolute Gasteiger partial charge is 0.312 e. The number of carbonyl (C=O) groups is 2. The number of hydrogen-bond donors (Lipinski definition) is 2. The number of carbonyl (C=O) groups excluding carboxylic acids is 1. The third-order valence-electron chi connectivity index (χ3n) is 5.14. The first kappa shape index (κ1) is 16.7. The molecule has 0 aromatic carbocycles. The average Bonchev–Trinajstić information content (AvgIpc) is 2.54. The first-order valence-corrected chi connectivity index (χ1v) is 8.66. The number of amides is 1. The summed E-state index contributed by atoms with van der Waals surface area (Å²) in [5, 5.41) is 11.9. The Hall–Kier alpha value is -2.11. The van der Waals surface area contributed by atoms with E-state index in [1.165, 1.54) is 0 Å². The Morgan fingerprint density at radius 3 is 3.08 bits per heavy atom. The second-order valence-electron chi connectivity index (χ2n) is 6.73. The maximum atomic E-state index is 12.3. The molecule has 3 rings (SSSR count). The maximum Gasteiger partial charge on any atom is 0.312 e. The summed E-state index contributed by atoms with van der Waals surface area (Å²) in [6.07, 6.45) is 10.2. The Labute approximate surface area is 141 Å². The van der Waals surface area contributed by atoms with Crippen LogP contribution in [0.2, 0.25) is 0 Å². The highest BCUT2D eigenvalue weighted by molar-refractivity contribution is 5.94. The van der Waals surface area contributed by atoms with E-state index in [4.69, 9.17) is 9.84 Å². The van der Waals surface area contributed by atoms with Gasteiger partial charge in [0.25, 0.3) is 0 Å². The number of aliphatic imine (C=N–C) groups is 1. The molecule has 0 fully saturated rings. The van der Waals surface area contributed by atoms with Crippen molar-refractivity contribution in [2.45, 2.75) is 51.0 Å². The second kappa shape index (κ2) is 6.79. The molecule has 0 bridgehead atoms. The van der Waals surface area contributed by atoms with E-state index in [0.29, 0.717) is 18.3 Å². The molecule has 1 aliphatic heterocycles. The fourth-order valence-corrected chi connectivity index (χ4v) is 4.33. The van der Waals surface area contributed by atoms with Crippen molar-refractivity contribution in [1.82, 2.24) is 5.32 Å². The van der Waals surface area contributed by atoms with E-state index >= 15 is 0 Å². The quantitative estimate of drug-likeness (QED) is 0.598. The molecule has 24 heavy (non-hydrogen) atoms. The summed E-state index contributed by atoms with van der Waals surface area (Å²) in [7, 11) is 0. The van der Waals surface area contributed by atoms with Gasteiger partial charge in [-0.05, 0) is 37.5 Å². The lowest BCUT2D eigenvalue weighted by Crippen LogP contribution is -2.59. The molecule has 6 heteroatoms. The van der Waals surface area contributed by atoms with Crippen molar-refractivity contribution < 1.29 is 19.4 Å². The molecular weight excluding hydrogens is 308 g/mol. The highest BCUT2D eigenvalue weighted by atomic mass is 16.5. The Balaban J connectivity index is 2.02. The van der Waals surface area contributed by atoms with Gasteiger partial charge >= 0.3 is 5.97 Å². The van der Waals surface area contributed by atoms with Gasteiger partial charge in [0.2, 0.25) is 5.91 Å². The number of nitrogens with one attached hydrogen (secondary N) is 1. The van der Waals surface area contributed by atoms with Crippen LogP contribution < -0.4 is 5.32 Å². The number of carboxylic acid groups (broad SMARTS) is 1. The molecule has 0 saturated carbocycles. The molecule has 0 saturated heterocycles. The van der Waals surface area contributed by atoms with E-state index in [9.17, 15) is 9.59 Å². The van der Waals surface area contributed by atoms with Gasteiger partial charge in [-0.1, -0.05) is 25.5 Å². The maximum absolute atomic E-state index is 12.3. The van der Waals surface area contributed by atoms with Crippen LogP contribution in [-0.4, -0.2) is 35.3 Å². The molecule has 3 aliphatic rings. The van der Waals surface area contributed by atoms with Crippen molar-refractivity contribution in [2.75, 3.05) is 6.61 Å². The van der Waals surface area contributed by atoms with Crippen LogP contribution in [-0.2, 0) is 14.3 Å². The number of fused-ring (bicyclic) bond motifs is 2. The lowest BCUT2D eigenvalue weighted by Gasteiger charge is -2.50. The zero-order valence-electron chi connectivity index (χ0n) is 14.0. The predicted molar refractivity (Wildman–Crippen MR) is 89.5 cm³/mol. The van der Waals surface area contributed by atoms with Crippen molar-refractivity contribution >= 4 is 18.1 Å². The van der Waals surface area contributed by atoms with Crippen molar-refractivity contribution in [1.29, 1.82) is 0 Å². The lowest BCUT2D eigenvalue weighted by molar-refractivity contribution is -0.141. The summed E-state index contributed by atoms with van der Waals surface area (Å²) in [6, 6.07) is 0. The minimum absolute atomic E-state index is 0.215. The molecular formula is C18H24N2O4. The van der Waals surface area contributed by atoms with Crippen molar-refractivity contribution in [3.05, 3.63) is 23.6 Å². The van der Waals surface area contributed by atoms with Gasteiger partial charge in [0.05, 0.1) is 5.70 Å². The van der Waals surface area contributed by atoms with Gasteiger partial charge in [-0.25, -0.2) is 0 Å². The Morgan fingerprint density at radius 1 is 1.50 bits per heavy atom. The van der Waals surface area contributed by atoms with Crippen LogP contribution in [0, 0.1) is 11.8 Å². The van der Waals surface area contributed by atoms with Gasteiger partial charge in [-0.15, -0.1) is 0 Å². The molecule has 1 heterocycles. The number of nitrogens with zero attached hydrogens (tertiary/aromatic N) is 1. The van der Waals surface area contributed by atoms with Gasteiger partial charge in [-0.2, -0.15) is 0 Å². The largest absolute Gasteiger partial charge is 0.487 e. The molecule has 0 aromatic heterocycles. The number of allylic oxidation sites excluding steroid dienone is 2. The number of hydrogen-bond acceptors (Lipinski definition) is 4. The molecule has 6 nitrogen and oxygen atoms in total. The second-order valence-corrected chi connectivity index (χ2v) is 6.73. The van der Waals surface area contributed by atoms with Crippen LogP contribution in [0.25, 0.3) is 0 Å². The summed E-state index contributed by atoms with van der Waals surface area (Å²) in [4.78, 5) is 27.7. The van der Waals surface area contributed by atoms with Crippen molar-refractivity contribution in [3.63, 3.8) is 0 Å². The Bertz CT molecular complexity index is 623. The minimum Gasteiger partial charge on any atom is -0.487 e. The fourth-order valence-electron chi connectivity index (χ4n) is 4.33. The summed E-state index contributed by atoms with van der Waals surface area (Å²) in [5.41, 5.74) is 0.133.